The minimum atomic E-state index is 0.506. The fourth-order valence-electron chi connectivity index (χ4n) is 2.09. The summed E-state index contributed by atoms with van der Waals surface area (Å²) in [6.45, 7) is 2.04. The van der Waals surface area contributed by atoms with Gasteiger partial charge in [0.15, 0.2) is 0 Å². The lowest BCUT2D eigenvalue weighted by molar-refractivity contribution is 0.660. The van der Waals surface area contributed by atoms with E-state index in [0.29, 0.717) is 5.92 Å². The standard InChI is InChI=1S/C14H17BrN2/c1-11-8-14(17(2)16-11)9-13(10-15)12-6-4-3-5-7-12/h3-8,13H,9-10H2,1-2H3. The van der Waals surface area contributed by atoms with Gasteiger partial charge in [-0.1, -0.05) is 46.3 Å². The van der Waals surface area contributed by atoms with Crippen LogP contribution in [0.15, 0.2) is 36.4 Å². The van der Waals surface area contributed by atoms with E-state index in [0.717, 1.165) is 17.4 Å². The third kappa shape index (κ3) is 2.97. The minimum Gasteiger partial charge on any atom is -0.272 e. The van der Waals surface area contributed by atoms with Crippen LogP contribution in [0.5, 0.6) is 0 Å². The maximum atomic E-state index is 4.39. The molecule has 0 N–H and O–H groups in total. The van der Waals surface area contributed by atoms with Crippen LogP contribution in [0.3, 0.4) is 0 Å². The van der Waals surface area contributed by atoms with Gasteiger partial charge in [0.25, 0.3) is 0 Å². The van der Waals surface area contributed by atoms with Crippen molar-refractivity contribution in [2.24, 2.45) is 7.05 Å². The molecule has 0 bridgehead atoms. The number of alkyl halides is 1. The summed E-state index contributed by atoms with van der Waals surface area (Å²) in [6.07, 6.45) is 1.02. The van der Waals surface area contributed by atoms with Crippen LogP contribution in [0.4, 0.5) is 0 Å². The lowest BCUT2D eigenvalue weighted by Crippen LogP contribution is -2.08. The Bertz CT molecular complexity index is 476. The highest BCUT2D eigenvalue weighted by Crippen LogP contribution is 2.23. The highest BCUT2D eigenvalue weighted by atomic mass is 79.9. The Hall–Kier alpha value is -1.09. The molecule has 0 amide bonds. The van der Waals surface area contributed by atoms with Gasteiger partial charge in [-0.15, -0.1) is 0 Å². The van der Waals surface area contributed by atoms with Gasteiger partial charge >= 0.3 is 0 Å². The van der Waals surface area contributed by atoms with E-state index in [1.807, 2.05) is 18.7 Å². The van der Waals surface area contributed by atoms with E-state index in [1.165, 1.54) is 11.3 Å². The number of aryl methyl sites for hydroxylation is 2. The van der Waals surface area contributed by atoms with Crippen LogP contribution in [-0.2, 0) is 13.5 Å². The second kappa shape index (κ2) is 5.50. The van der Waals surface area contributed by atoms with Crippen molar-refractivity contribution < 1.29 is 0 Å². The van der Waals surface area contributed by atoms with Gasteiger partial charge in [0.2, 0.25) is 0 Å². The SMILES string of the molecule is Cc1cc(CC(CBr)c2ccccc2)n(C)n1. The van der Waals surface area contributed by atoms with Crippen LogP contribution < -0.4 is 0 Å². The average Bonchev–Trinajstić information content (AvgIpc) is 2.66. The Labute approximate surface area is 111 Å². The molecule has 0 radical (unpaired) electrons. The van der Waals surface area contributed by atoms with Crippen molar-refractivity contribution in [3.63, 3.8) is 0 Å². The zero-order valence-corrected chi connectivity index (χ0v) is 11.8. The molecule has 17 heavy (non-hydrogen) atoms. The first kappa shape index (κ1) is 12.4. The van der Waals surface area contributed by atoms with Crippen LogP contribution in [0.1, 0.15) is 22.9 Å². The highest BCUT2D eigenvalue weighted by Gasteiger charge is 2.13. The van der Waals surface area contributed by atoms with Crippen molar-refractivity contribution in [2.75, 3.05) is 5.33 Å². The smallest absolute Gasteiger partial charge is 0.0596 e. The highest BCUT2D eigenvalue weighted by molar-refractivity contribution is 9.09. The molecular weight excluding hydrogens is 276 g/mol. The van der Waals surface area contributed by atoms with Crippen molar-refractivity contribution in [3.05, 3.63) is 53.3 Å². The monoisotopic (exact) mass is 292 g/mol. The molecule has 1 aromatic heterocycles. The van der Waals surface area contributed by atoms with Crippen molar-refractivity contribution >= 4 is 15.9 Å². The van der Waals surface area contributed by atoms with Crippen LogP contribution in [-0.4, -0.2) is 15.1 Å². The quantitative estimate of drug-likeness (QED) is 0.789. The molecule has 3 heteroatoms. The number of nitrogens with zero attached hydrogens (tertiary/aromatic N) is 2. The molecule has 0 aliphatic carbocycles. The number of hydrogen-bond donors (Lipinski definition) is 0. The summed E-state index contributed by atoms with van der Waals surface area (Å²) in [5, 5.41) is 5.37. The van der Waals surface area contributed by atoms with E-state index in [9.17, 15) is 0 Å². The van der Waals surface area contributed by atoms with Gasteiger partial charge in [-0.3, -0.25) is 4.68 Å². The summed E-state index contributed by atoms with van der Waals surface area (Å²) in [4.78, 5) is 0. The van der Waals surface area contributed by atoms with Crippen molar-refractivity contribution in [1.29, 1.82) is 0 Å². The van der Waals surface area contributed by atoms with Crippen molar-refractivity contribution in [1.82, 2.24) is 9.78 Å². The molecule has 2 aromatic rings. The molecule has 1 atom stereocenters. The maximum absolute atomic E-state index is 4.39. The summed E-state index contributed by atoms with van der Waals surface area (Å²) in [7, 11) is 2.01. The van der Waals surface area contributed by atoms with Gasteiger partial charge in [0, 0.05) is 18.1 Å². The van der Waals surface area contributed by atoms with E-state index in [-0.39, 0.29) is 0 Å². The van der Waals surface area contributed by atoms with Crippen LogP contribution >= 0.6 is 15.9 Å². The fourth-order valence-corrected chi connectivity index (χ4v) is 2.70. The second-order valence-electron chi connectivity index (χ2n) is 4.37. The molecular formula is C14H17BrN2. The first-order valence-electron chi connectivity index (χ1n) is 5.81. The van der Waals surface area contributed by atoms with E-state index in [1.54, 1.807) is 0 Å². The third-order valence-electron chi connectivity index (χ3n) is 3.01. The Morgan fingerprint density at radius 3 is 2.53 bits per heavy atom. The Balaban J connectivity index is 2.18. The van der Waals surface area contributed by atoms with E-state index in [2.05, 4.69) is 57.4 Å². The molecule has 1 heterocycles. The first-order valence-corrected chi connectivity index (χ1v) is 6.93. The number of aromatic nitrogens is 2. The number of benzene rings is 1. The van der Waals surface area contributed by atoms with Gasteiger partial charge in [-0.25, -0.2) is 0 Å². The molecule has 2 rings (SSSR count). The maximum Gasteiger partial charge on any atom is 0.0596 e. The molecule has 0 aliphatic heterocycles. The van der Waals surface area contributed by atoms with E-state index < -0.39 is 0 Å². The summed E-state index contributed by atoms with van der Waals surface area (Å²) < 4.78 is 1.98. The van der Waals surface area contributed by atoms with E-state index in [4.69, 9.17) is 0 Å². The first-order chi connectivity index (χ1) is 8.20. The minimum absolute atomic E-state index is 0.506. The lowest BCUT2D eigenvalue weighted by atomic mass is 9.96. The molecule has 90 valence electrons. The molecule has 0 saturated carbocycles. The van der Waals surface area contributed by atoms with Crippen LogP contribution in [0.2, 0.25) is 0 Å². The fraction of sp³-hybridized carbons (Fsp3) is 0.357. The molecule has 1 aromatic carbocycles. The molecule has 0 saturated heterocycles. The summed E-state index contributed by atoms with van der Waals surface area (Å²) >= 11 is 3.61. The summed E-state index contributed by atoms with van der Waals surface area (Å²) in [5.74, 6) is 0.506. The average molecular weight is 293 g/mol. The van der Waals surface area contributed by atoms with Gasteiger partial charge in [0.1, 0.15) is 0 Å². The zero-order valence-electron chi connectivity index (χ0n) is 10.2. The molecule has 2 nitrogen and oxygen atoms in total. The Morgan fingerprint density at radius 1 is 1.29 bits per heavy atom. The topological polar surface area (TPSA) is 17.8 Å². The van der Waals surface area contributed by atoms with Crippen molar-refractivity contribution in [2.45, 2.75) is 19.3 Å². The number of rotatable bonds is 4. The second-order valence-corrected chi connectivity index (χ2v) is 5.01. The molecule has 0 fully saturated rings. The molecule has 0 spiro atoms. The van der Waals surface area contributed by atoms with Gasteiger partial charge in [0.05, 0.1) is 5.69 Å². The summed E-state index contributed by atoms with van der Waals surface area (Å²) in [5.41, 5.74) is 3.75. The number of hydrogen-bond acceptors (Lipinski definition) is 1. The van der Waals surface area contributed by atoms with Crippen molar-refractivity contribution in [3.8, 4) is 0 Å². The van der Waals surface area contributed by atoms with Crippen LogP contribution in [0, 0.1) is 6.92 Å². The molecule has 1 unspecified atom stereocenters. The van der Waals surface area contributed by atoms with Crippen LogP contribution in [0.25, 0.3) is 0 Å². The predicted octanol–water partition coefficient (Wildman–Crippen LogP) is 3.45. The van der Waals surface area contributed by atoms with Gasteiger partial charge in [-0.05, 0) is 30.9 Å². The lowest BCUT2D eigenvalue weighted by Gasteiger charge is -2.14. The van der Waals surface area contributed by atoms with Gasteiger partial charge in [-0.2, -0.15) is 5.10 Å². The number of halogens is 1. The molecule has 0 aliphatic rings. The zero-order chi connectivity index (χ0) is 12.3. The Morgan fingerprint density at radius 2 is 2.00 bits per heavy atom. The summed E-state index contributed by atoms with van der Waals surface area (Å²) in [6, 6.07) is 12.8. The largest absolute Gasteiger partial charge is 0.272 e. The Kier molecular flexibility index (Phi) is 4.00. The normalized spacial score (nSPS) is 12.6. The predicted molar refractivity (Wildman–Crippen MR) is 74.6 cm³/mol. The van der Waals surface area contributed by atoms with Gasteiger partial charge < -0.3 is 0 Å². The van der Waals surface area contributed by atoms with E-state index >= 15 is 0 Å². The third-order valence-corrected chi connectivity index (χ3v) is 3.79.